The smallest absolute Gasteiger partial charge is 0.194 e. The van der Waals surface area contributed by atoms with Crippen molar-refractivity contribution >= 4 is 0 Å². The van der Waals surface area contributed by atoms with E-state index >= 15 is 0 Å². The monoisotopic (exact) mass is 288 g/mol. The van der Waals surface area contributed by atoms with Crippen molar-refractivity contribution in [3.05, 3.63) is 35.1 Å². The highest BCUT2D eigenvalue weighted by atomic mass is 19.2. The van der Waals surface area contributed by atoms with Crippen LogP contribution in [0.2, 0.25) is 0 Å². The maximum Gasteiger partial charge on any atom is 0.194 e. The molecule has 3 nitrogen and oxygen atoms in total. The first-order valence-electron chi connectivity index (χ1n) is 6.63. The Bertz CT molecular complexity index is 498. The molecule has 1 heterocycles. The SMILES string of the molecule is CC1OC(C)C(C(NN)c2ccc(F)c(F)c2F)C1C. The number of ether oxygens (including phenoxy) is 1. The molecular formula is C14H19F3N2O. The van der Waals surface area contributed by atoms with Crippen LogP contribution in [0.1, 0.15) is 32.4 Å². The first-order chi connectivity index (χ1) is 9.38. The van der Waals surface area contributed by atoms with E-state index in [1.165, 1.54) is 6.07 Å². The van der Waals surface area contributed by atoms with Crippen LogP contribution in [0, 0.1) is 29.3 Å². The molecule has 112 valence electrons. The summed E-state index contributed by atoms with van der Waals surface area (Å²) < 4.78 is 46.1. The summed E-state index contributed by atoms with van der Waals surface area (Å²) in [6, 6.07) is 1.49. The molecule has 5 atom stereocenters. The minimum Gasteiger partial charge on any atom is -0.375 e. The van der Waals surface area contributed by atoms with E-state index in [-0.39, 0.29) is 29.6 Å². The third-order valence-corrected chi connectivity index (χ3v) is 4.28. The van der Waals surface area contributed by atoms with E-state index in [4.69, 9.17) is 10.6 Å². The lowest BCUT2D eigenvalue weighted by Crippen LogP contribution is -2.39. The van der Waals surface area contributed by atoms with Crippen molar-refractivity contribution < 1.29 is 17.9 Å². The maximum absolute atomic E-state index is 14.0. The Balaban J connectivity index is 2.41. The number of benzene rings is 1. The Morgan fingerprint density at radius 3 is 2.25 bits per heavy atom. The topological polar surface area (TPSA) is 47.3 Å². The fraction of sp³-hybridized carbons (Fsp3) is 0.571. The molecule has 1 aromatic rings. The van der Waals surface area contributed by atoms with Crippen LogP contribution >= 0.6 is 0 Å². The lowest BCUT2D eigenvalue weighted by Gasteiger charge is -2.29. The number of nitrogens with two attached hydrogens (primary N) is 1. The Morgan fingerprint density at radius 1 is 1.10 bits per heavy atom. The zero-order chi connectivity index (χ0) is 15.0. The number of nitrogens with one attached hydrogen (secondary N) is 1. The molecule has 20 heavy (non-hydrogen) atoms. The molecule has 1 aliphatic rings. The van der Waals surface area contributed by atoms with Gasteiger partial charge in [0.25, 0.3) is 0 Å². The largest absolute Gasteiger partial charge is 0.375 e. The molecule has 1 aliphatic heterocycles. The van der Waals surface area contributed by atoms with Crippen LogP contribution in [0.25, 0.3) is 0 Å². The fourth-order valence-electron chi connectivity index (χ4n) is 3.06. The van der Waals surface area contributed by atoms with Gasteiger partial charge in [-0.3, -0.25) is 11.3 Å². The molecule has 2 rings (SSSR count). The molecule has 3 N–H and O–H groups in total. The van der Waals surface area contributed by atoms with Crippen molar-refractivity contribution in [3.63, 3.8) is 0 Å². The first-order valence-corrected chi connectivity index (χ1v) is 6.63. The lowest BCUT2D eigenvalue weighted by molar-refractivity contribution is 0.0473. The summed E-state index contributed by atoms with van der Waals surface area (Å²) in [5.41, 5.74) is 2.54. The number of hydrogen-bond donors (Lipinski definition) is 2. The van der Waals surface area contributed by atoms with Gasteiger partial charge in [0.05, 0.1) is 18.2 Å². The second kappa shape index (κ2) is 5.71. The molecule has 0 aromatic heterocycles. The van der Waals surface area contributed by atoms with Crippen molar-refractivity contribution in [3.8, 4) is 0 Å². The van der Waals surface area contributed by atoms with Crippen molar-refractivity contribution in [2.45, 2.75) is 39.0 Å². The predicted molar refractivity (Wildman–Crippen MR) is 69.0 cm³/mol. The quantitative estimate of drug-likeness (QED) is 0.511. The van der Waals surface area contributed by atoms with E-state index in [1.54, 1.807) is 0 Å². The van der Waals surface area contributed by atoms with Crippen LogP contribution in [0.15, 0.2) is 12.1 Å². The van der Waals surface area contributed by atoms with Gasteiger partial charge in [-0.15, -0.1) is 0 Å². The number of hydrazine groups is 1. The normalized spacial score (nSPS) is 31.6. The van der Waals surface area contributed by atoms with Crippen molar-refractivity contribution in [2.75, 3.05) is 0 Å². The molecule has 0 amide bonds. The minimum absolute atomic E-state index is 0.000735. The Labute approximate surface area is 116 Å². The van der Waals surface area contributed by atoms with Gasteiger partial charge in [-0.25, -0.2) is 13.2 Å². The second-order valence-electron chi connectivity index (χ2n) is 5.39. The molecule has 0 saturated carbocycles. The van der Waals surface area contributed by atoms with Crippen LogP contribution in [-0.4, -0.2) is 12.2 Å². The molecule has 1 fully saturated rings. The summed E-state index contributed by atoms with van der Waals surface area (Å²) in [7, 11) is 0. The van der Waals surface area contributed by atoms with E-state index in [1.807, 2.05) is 20.8 Å². The minimum atomic E-state index is -1.48. The Morgan fingerprint density at radius 2 is 1.75 bits per heavy atom. The van der Waals surface area contributed by atoms with Crippen molar-refractivity contribution in [2.24, 2.45) is 17.7 Å². The highest BCUT2D eigenvalue weighted by Crippen LogP contribution is 2.41. The van der Waals surface area contributed by atoms with Gasteiger partial charge in [0, 0.05) is 11.5 Å². The van der Waals surface area contributed by atoms with E-state index in [2.05, 4.69) is 5.43 Å². The van der Waals surface area contributed by atoms with Crippen LogP contribution in [0.3, 0.4) is 0 Å². The molecule has 0 bridgehead atoms. The Kier molecular flexibility index (Phi) is 4.36. The fourth-order valence-corrected chi connectivity index (χ4v) is 3.06. The highest BCUT2D eigenvalue weighted by Gasteiger charge is 2.43. The molecule has 1 aromatic carbocycles. The van der Waals surface area contributed by atoms with Crippen LogP contribution < -0.4 is 11.3 Å². The molecule has 0 radical (unpaired) electrons. The van der Waals surface area contributed by atoms with Gasteiger partial charge in [-0.2, -0.15) is 0 Å². The number of rotatable bonds is 3. The van der Waals surface area contributed by atoms with Gasteiger partial charge in [0.1, 0.15) is 0 Å². The third kappa shape index (κ3) is 2.43. The standard InChI is InChI=1S/C14H19F3N2O/c1-6-7(2)20-8(3)11(6)14(19-18)9-4-5-10(15)13(17)12(9)16/h4-8,11,14,19H,18H2,1-3H3. The lowest BCUT2D eigenvalue weighted by atomic mass is 9.80. The van der Waals surface area contributed by atoms with Crippen LogP contribution in [0.5, 0.6) is 0 Å². The summed E-state index contributed by atoms with van der Waals surface area (Å²) >= 11 is 0. The summed E-state index contributed by atoms with van der Waals surface area (Å²) in [4.78, 5) is 0. The zero-order valence-electron chi connectivity index (χ0n) is 11.7. The summed E-state index contributed by atoms with van der Waals surface area (Å²) in [6.45, 7) is 5.77. The van der Waals surface area contributed by atoms with E-state index in [0.29, 0.717) is 0 Å². The van der Waals surface area contributed by atoms with Gasteiger partial charge in [0.2, 0.25) is 0 Å². The van der Waals surface area contributed by atoms with E-state index in [0.717, 1.165) is 6.07 Å². The number of halogens is 3. The summed E-state index contributed by atoms with van der Waals surface area (Å²) in [5.74, 6) is 1.61. The first kappa shape index (κ1) is 15.3. The molecule has 1 saturated heterocycles. The predicted octanol–water partition coefficient (Wildman–Crippen LogP) is 2.67. The third-order valence-electron chi connectivity index (χ3n) is 4.28. The van der Waals surface area contributed by atoms with E-state index in [9.17, 15) is 13.2 Å². The maximum atomic E-state index is 14.0. The average molecular weight is 288 g/mol. The number of hydrogen-bond acceptors (Lipinski definition) is 3. The van der Waals surface area contributed by atoms with Gasteiger partial charge in [-0.1, -0.05) is 13.0 Å². The molecular weight excluding hydrogens is 269 g/mol. The van der Waals surface area contributed by atoms with E-state index < -0.39 is 23.5 Å². The highest BCUT2D eigenvalue weighted by molar-refractivity contribution is 5.25. The second-order valence-corrected chi connectivity index (χ2v) is 5.39. The van der Waals surface area contributed by atoms with Gasteiger partial charge >= 0.3 is 0 Å². The van der Waals surface area contributed by atoms with Gasteiger partial charge in [-0.05, 0) is 25.8 Å². The zero-order valence-corrected chi connectivity index (χ0v) is 11.7. The van der Waals surface area contributed by atoms with Crippen molar-refractivity contribution in [1.82, 2.24) is 5.43 Å². The molecule has 0 aliphatic carbocycles. The van der Waals surface area contributed by atoms with Gasteiger partial charge in [0.15, 0.2) is 17.5 Å². The summed E-state index contributed by atoms with van der Waals surface area (Å²) in [6.07, 6.45) is -0.159. The molecule has 0 spiro atoms. The Hall–Kier alpha value is -1.11. The summed E-state index contributed by atoms with van der Waals surface area (Å²) in [5, 5.41) is 0. The van der Waals surface area contributed by atoms with Gasteiger partial charge < -0.3 is 4.74 Å². The molecule has 6 heteroatoms. The van der Waals surface area contributed by atoms with Crippen LogP contribution in [0.4, 0.5) is 13.2 Å². The average Bonchev–Trinajstić information content (AvgIpc) is 2.65. The molecule has 5 unspecified atom stereocenters. The van der Waals surface area contributed by atoms with Crippen molar-refractivity contribution in [1.29, 1.82) is 0 Å². The van der Waals surface area contributed by atoms with Crippen LogP contribution in [-0.2, 0) is 4.74 Å².